The van der Waals surface area contributed by atoms with Gasteiger partial charge in [0.15, 0.2) is 11.5 Å². The zero-order chi connectivity index (χ0) is 18.6. The Balaban J connectivity index is 1.45. The number of nitrogens with zero attached hydrogens (tertiary/aromatic N) is 1. The van der Waals surface area contributed by atoms with E-state index in [1.807, 2.05) is 24.3 Å². The molecule has 0 radical (unpaired) electrons. The second-order valence-corrected chi connectivity index (χ2v) is 6.55. The highest BCUT2D eigenvalue weighted by Gasteiger charge is 2.27. The lowest BCUT2D eigenvalue weighted by atomic mass is 10.0. The minimum absolute atomic E-state index is 0.0596. The Hall–Kier alpha value is -2.77. The topological polar surface area (TPSA) is 72.1 Å². The summed E-state index contributed by atoms with van der Waals surface area (Å²) in [5, 5.41) is 6.36. The average molecular weight is 369 g/mol. The molecule has 2 N–H and O–H groups in total. The van der Waals surface area contributed by atoms with Crippen LogP contribution < -0.4 is 24.8 Å². The monoisotopic (exact) mass is 369 g/mol. The summed E-state index contributed by atoms with van der Waals surface area (Å²) in [4.78, 5) is 14.8. The van der Waals surface area contributed by atoms with Gasteiger partial charge in [0.1, 0.15) is 5.75 Å². The standard InChI is InChI=1S/C20H23N3O4/c1-25-17-5-3-2-4-15(17)16-11-21-8-9-23(16)12-20(24)22-14-6-7-18-19(10-14)27-13-26-18/h2-7,10,16,21H,8-9,11-13H2,1H3,(H,22,24). The number of piperazine rings is 1. The predicted octanol–water partition coefficient (Wildman–Crippen LogP) is 2.01. The number of nitrogens with one attached hydrogen (secondary N) is 2. The van der Waals surface area contributed by atoms with Gasteiger partial charge in [-0.1, -0.05) is 18.2 Å². The van der Waals surface area contributed by atoms with E-state index in [1.54, 1.807) is 19.2 Å². The first kappa shape index (κ1) is 17.6. The average Bonchev–Trinajstić information content (AvgIpc) is 3.16. The molecule has 27 heavy (non-hydrogen) atoms. The van der Waals surface area contributed by atoms with Gasteiger partial charge in [0.25, 0.3) is 0 Å². The van der Waals surface area contributed by atoms with Crippen molar-refractivity contribution in [2.24, 2.45) is 0 Å². The highest BCUT2D eigenvalue weighted by molar-refractivity contribution is 5.92. The molecular formula is C20H23N3O4. The van der Waals surface area contributed by atoms with Crippen molar-refractivity contribution in [3.05, 3.63) is 48.0 Å². The Morgan fingerprint density at radius 2 is 2.11 bits per heavy atom. The van der Waals surface area contributed by atoms with E-state index in [9.17, 15) is 4.79 Å². The Kier molecular flexibility index (Phi) is 5.13. The van der Waals surface area contributed by atoms with Crippen molar-refractivity contribution >= 4 is 11.6 Å². The first-order chi connectivity index (χ1) is 13.2. The van der Waals surface area contributed by atoms with Crippen LogP contribution in [0.15, 0.2) is 42.5 Å². The van der Waals surface area contributed by atoms with Crippen molar-refractivity contribution < 1.29 is 19.0 Å². The number of para-hydroxylation sites is 1. The zero-order valence-electron chi connectivity index (χ0n) is 15.2. The summed E-state index contributed by atoms with van der Waals surface area (Å²) >= 11 is 0. The van der Waals surface area contributed by atoms with Gasteiger partial charge in [-0.05, 0) is 18.2 Å². The molecule has 0 aliphatic carbocycles. The molecule has 7 heteroatoms. The zero-order valence-corrected chi connectivity index (χ0v) is 15.2. The van der Waals surface area contributed by atoms with Crippen molar-refractivity contribution in [3.63, 3.8) is 0 Å². The molecule has 0 bridgehead atoms. The number of hydrogen-bond acceptors (Lipinski definition) is 6. The molecule has 0 spiro atoms. The first-order valence-corrected chi connectivity index (χ1v) is 9.02. The fraction of sp³-hybridized carbons (Fsp3) is 0.350. The summed E-state index contributed by atoms with van der Waals surface area (Å²) in [6.45, 7) is 2.94. The molecule has 0 aromatic heterocycles. The summed E-state index contributed by atoms with van der Waals surface area (Å²) in [5.41, 5.74) is 1.79. The number of benzene rings is 2. The largest absolute Gasteiger partial charge is 0.496 e. The van der Waals surface area contributed by atoms with E-state index in [2.05, 4.69) is 21.6 Å². The lowest BCUT2D eigenvalue weighted by Gasteiger charge is -2.36. The molecule has 1 saturated heterocycles. The van der Waals surface area contributed by atoms with Crippen LogP contribution in [-0.4, -0.2) is 50.9 Å². The number of carbonyl (C=O) groups is 1. The molecule has 2 heterocycles. The second-order valence-electron chi connectivity index (χ2n) is 6.55. The van der Waals surface area contributed by atoms with Gasteiger partial charge in [0, 0.05) is 37.0 Å². The van der Waals surface area contributed by atoms with Crippen LogP contribution in [0.1, 0.15) is 11.6 Å². The molecule has 1 fully saturated rings. The molecule has 2 aliphatic heterocycles. The molecule has 4 rings (SSSR count). The van der Waals surface area contributed by atoms with Gasteiger partial charge in [-0.15, -0.1) is 0 Å². The SMILES string of the molecule is COc1ccccc1C1CNCCN1CC(=O)Nc1ccc2c(c1)OCO2. The van der Waals surface area contributed by atoms with Gasteiger partial charge in [-0.2, -0.15) is 0 Å². The normalized spacial score (nSPS) is 18.9. The maximum Gasteiger partial charge on any atom is 0.238 e. The number of carbonyl (C=O) groups excluding carboxylic acids is 1. The summed E-state index contributed by atoms with van der Waals surface area (Å²) in [5.74, 6) is 2.14. The lowest BCUT2D eigenvalue weighted by Crippen LogP contribution is -2.48. The van der Waals surface area contributed by atoms with Crippen LogP contribution in [-0.2, 0) is 4.79 Å². The van der Waals surface area contributed by atoms with E-state index < -0.39 is 0 Å². The molecule has 1 amide bonds. The van der Waals surface area contributed by atoms with Gasteiger partial charge in [0.2, 0.25) is 12.7 Å². The maximum absolute atomic E-state index is 12.6. The molecule has 2 aromatic carbocycles. The van der Waals surface area contributed by atoms with Crippen molar-refractivity contribution in [1.29, 1.82) is 0 Å². The van der Waals surface area contributed by atoms with Gasteiger partial charge in [-0.3, -0.25) is 9.69 Å². The minimum atomic E-state index is -0.0596. The van der Waals surface area contributed by atoms with E-state index >= 15 is 0 Å². The number of ether oxygens (including phenoxy) is 3. The Morgan fingerprint density at radius 1 is 1.26 bits per heavy atom. The van der Waals surface area contributed by atoms with Crippen molar-refractivity contribution in [3.8, 4) is 17.2 Å². The smallest absolute Gasteiger partial charge is 0.238 e. The Labute approximate surface area is 158 Å². The van der Waals surface area contributed by atoms with Gasteiger partial charge >= 0.3 is 0 Å². The van der Waals surface area contributed by atoms with Crippen LogP contribution in [0.3, 0.4) is 0 Å². The molecule has 1 atom stereocenters. The number of hydrogen-bond donors (Lipinski definition) is 2. The van der Waals surface area contributed by atoms with Gasteiger partial charge < -0.3 is 24.8 Å². The number of methoxy groups -OCH3 is 1. The van der Waals surface area contributed by atoms with E-state index in [0.29, 0.717) is 23.7 Å². The maximum atomic E-state index is 12.6. The molecule has 1 unspecified atom stereocenters. The molecule has 7 nitrogen and oxygen atoms in total. The lowest BCUT2D eigenvalue weighted by molar-refractivity contribution is -0.118. The van der Waals surface area contributed by atoms with E-state index in [0.717, 1.165) is 30.9 Å². The van der Waals surface area contributed by atoms with Crippen LogP contribution in [0, 0.1) is 0 Å². The second kappa shape index (κ2) is 7.85. The number of fused-ring (bicyclic) bond motifs is 1. The van der Waals surface area contributed by atoms with Crippen molar-refractivity contribution in [2.45, 2.75) is 6.04 Å². The molecule has 142 valence electrons. The third-order valence-electron chi connectivity index (χ3n) is 4.86. The quantitative estimate of drug-likeness (QED) is 0.840. The Morgan fingerprint density at radius 3 is 3.00 bits per heavy atom. The predicted molar refractivity (Wildman–Crippen MR) is 101 cm³/mol. The fourth-order valence-corrected chi connectivity index (χ4v) is 3.54. The van der Waals surface area contributed by atoms with E-state index in [1.165, 1.54) is 0 Å². The molecular weight excluding hydrogens is 346 g/mol. The van der Waals surface area contributed by atoms with Gasteiger partial charge in [-0.25, -0.2) is 0 Å². The van der Waals surface area contributed by atoms with E-state index in [-0.39, 0.29) is 18.7 Å². The highest BCUT2D eigenvalue weighted by atomic mass is 16.7. The molecule has 0 saturated carbocycles. The summed E-state index contributed by atoms with van der Waals surface area (Å²) in [7, 11) is 1.67. The van der Waals surface area contributed by atoms with Crippen LogP contribution in [0.25, 0.3) is 0 Å². The third kappa shape index (κ3) is 3.84. The van der Waals surface area contributed by atoms with E-state index in [4.69, 9.17) is 14.2 Å². The summed E-state index contributed by atoms with van der Waals surface area (Å²) in [6.07, 6.45) is 0. The van der Waals surface area contributed by atoms with Crippen LogP contribution in [0.5, 0.6) is 17.2 Å². The molecule has 2 aromatic rings. The number of anilines is 1. The Bertz CT molecular complexity index is 827. The molecule has 2 aliphatic rings. The highest BCUT2D eigenvalue weighted by Crippen LogP contribution is 2.34. The summed E-state index contributed by atoms with van der Waals surface area (Å²) < 4.78 is 16.2. The fourth-order valence-electron chi connectivity index (χ4n) is 3.54. The number of amides is 1. The summed E-state index contributed by atoms with van der Waals surface area (Å²) in [6, 6.07) is 13.5. The number of rotatable bonds is 5. The van der Waals surface area contributed by atoms with Crippen LogP contribution >= 0.6 is 0 Å². The van der Waals surface area contributed by atoms with Crippen molar-refractivity contribution in [2.75, 3.05) is 45.4 Å². The third-order valence-corrected chi connectivity index (χ3v) is 4.86. The van der Waals surface area contributed by atoms with Gasteiger partial charge in [0.05, 0.1) is 19.7 Å². The van der Waals surface area contributed by atoms with Crippen molar-refractivity contribution in [1.82, 2.24) is 10.2 Å². The first-order valence-electron chi connectivity index (χ1n) is 9.02. The van der Waals surface area contributed by atoms with Crippen LogP contribution in [0.2, 0.25) is 0 Å². The minimum Gasteiger partial charge on any atom is -0.496 e. The van der Waals surface area contributed by atoms with Crippen LogP contribution in [0.4, 0.5) is 5.69 Å².